The van der Waals surface area contributed by atoms with Crippen molar-refractivity contribution in [2.45, 2.75) is 43.6 Å². The molecule has 2 fully saturated rings. The second kappa shape index (κ2) is 6.75. The fourth-order valence-corrected chi connectivity index (χ4v) is 4.83. The fourth-order valence-electron chi connectivity index (χ4n) is 4.83. The normalized spacial score (nSPS) is 24.0. The van der Waals surface area contributed by atoms with Crippen LogP contribution in [0.4, 0.5) is 18.0 Å². The lowest BCUT2D eigenvalue weighted by Crippen LogP contribution is -2.48. The quantitative estimate of drug-likeness (QED) is 0.810. The zero-order chi connectivity index (χ0) is 21.0. The van der Waals surface area contributed by atoms with E-state index in [0.29, 0.717) is 19.3 Å². The smallest absolute Gasteiger partial charge is 0.433 e. The van der Waals surface area contributed by atoms with Crippen molar-refractivity contribution in [1.29, 1.82) is 0 Å². The van der Waals surface area contributed by atoms with E-state index in [1.54, 1.807) is 4.90 Å². The van der Waals surface area contributed by atoms with E-state index >= 15 is 0 Å². The summed E-state index contributed by atoms with van der Waals surface area (Å²) in [5.74, 6) is -0.706. The first-order valence-corrected chi connectivity index (χ1v) is 9.81. The number of amides is 2. The monoisotopic (exact) mass is 420 g/mol. The van der Waals surface area contributed by atoms with Gasteiger partial charge in [-0.2, -0.15) is 18.3 Å². The zero-order valence-corrected chi connectivity index (χ0v) is 15.9. The van der Waals surface area contributed by atoms with Gasteiger partial charge < -0.3 is 9.64 Å². The maximum absolute atomic E-state index is 13.1. The number of rotatable bonds is 2. The molecule has 0 saturated carbocycles. The Hall–Kier alpha value is -3.04. The van der Waals surface area contributed by atoms with Gasteiger partial charge in [0.1, 0.15) is 6.10 Å². The molecule has 0 spiro atoms. The molecule has 2 amide bonds. The summed E-state index contributed by atoms with van der Waals surface area (Å²) in [6.07, 6.45) is -2.70. The van der Waals surface area contributed by atoms with Crippen LogP contribution in [0.3, 0.4) is 0 Å². The number of likely N-dealkylation sites (tertiary alicyclic amines) is 1. The van der Waals surface area contributed by atoms with Gasteiger partial charge in [-0.15, -0.1) is 0 Å². The lowest BCUT2D eigenvalue weighted by molar-refractivity contribution is -0.141. The number of ether oxygens (including phenoxy) is 1. The number of aromatic nitrogens is 2. The van der Waals surface area contributed by atoms with Crippen LogP contribution in [0.2, 0.25) is 0 Å². The maximum atomic E-state index is 13.1. The minimum Gasteiger partial charge on any atom is -0.443 e. The number of hydrogen-bond donors (Lipinski definition) is 1. The fraction of sp³-hybridized carbons (Fsp3) is 0.450. The Bertz CT molecular complexity index is 997. The molecular weight excluding hydrogens is 401 g/mol. The molecule has 10 heteroatoms. The SMILES string of the molecule is O=C(c1cn[nH]c1C(F)(F)F)N1CCC(N2C(=O)OC3Cc4ccccc4C32)CC1. The number of aromatic amines is 1. The number of hydrogen-bond acceptors (Lipinski definition) is 4. The first kappa shape index (κ1) is 19.0. The van der Waals surface area contributed by atoms with Gasteiger partial charge in [0.2, 0.25) is 0 Å². The highest BCUT2D eigenvalue weighted by molar-refractivity contribution is 5.95. The standard InChI is InChI=1S/C20H19F3N4O3/c21-20(22,23)17-14(10-24-25-17)18(28)26-7-5-12(6-8-26)27-16-13-4-2-1-3-11(13)9-15(16)30-19(27)29/h1-4,10,12,15-16H,5-9H2,(H,24,25). The molecule has 1 aliphatic carbocycles. The van der Waals surface area contributed by atoms with Gasteiger partial charge in [0, 0.05) is 25.6 Å². The molecule has 2 aromatic rings. The third-order valence-corrected chi connectivity index (χ3v) is 6.21. The Kier molecular flexibility index (Phi) is 4.26. The minimum atomic E-state index is -4.68. The van der Waals surface area contributed by atoms with Crippen LogP contribution in [-0.2, 0) is 17.3 Å². The van der Waals surface area contributed by atoms with Crippen molar-refractivity contribution in [3.8, 4) is 0 Å². The summed E-state index contributed by atoms with van der Waals surface area (Å²) < 4.78 is 44.8. The topological polar surface area (TPSA) is 78.5 Å². The van der Waals surface area contributed by atoms with E-state index in [9.17, 15) is 22.8 Å². The molecule has 1 aromatic carbocycles. The highest BCUT2D eigenvalue weighted by Crippen LogP contribution is 2.44. The lowest BCUT2D eigenvalue weighted by atomic mass is 9.98. The third kappa shape index (κ3) is 2.93. The molecule has 2 atom stereocenters. The van der Waals surface area contributed by atoms with Crippen LogP contribution in [-0.4, -0.2) is 57.2 Å². The molecule has 5 rings (SSSR count). The first-order chi connectivity index (χ1) is 14.3. The Labute approximate surface area is 169 Å². The summed E-state index contributed by atoms with van der Waals surface area (Å²) in [7, 11) is 0. The van der Waals surface area contributed by atoms with Crippen LogP contribution in [0.5, 0.6) is 0 Å². The molecule has 0 radical (unpaired) electrons. The lowest BCUT2D eigenvalue weighted by Gasteiger charge is -2.37. The predicted octanol–water partition coefficient (Wildman–Crippen LogP) is 3.15. The van der Waals surface area contributed by atoms with Gasteiger partial charge in [-0.25, -0.2) is 4.79 Å². The molecule has 3 heterocycles. The highest BCUT2D eigenvalue weighted by atomic mass is 19.4. The van der Waals surface area contributed by atoms with E-state index in [-0.39, 0.29) is 37.4 Å². The van der Waals surface area contributed by atoms with Crippen molar-refractivity contribution in [2.75, 3.05) is 13.1 Å². The molecule has 2 saturated heterocycles. The van der Waals surface area contributed by atoms with Gasteiger partial charge in [0.25, 0.3) is 5.91 Å². The summed E-state index contributed by atoms with van der Waals surface area (Å²) in [5, 5.41) is 5.26. The number of halogens is 3. The largest absolute Gasteiger partial charge is 0.443 e. The van der Waals surface area contributed by atoms with Gasteiger partial charge in [0.05, 0.1) is 17.8 Å². The number of nitrogens with zero attached hydrogens (tertiary/aromatic N) is 3. The summed E-state index contributed by atoms with van der Waals surface area (Å²) in [5.41, 5.74) is 0.631. The van der Waals surface area contributed by atoms with Crippen LogP contribution in [0.25, 0.3) is 0 Å². The van der Waals surface area contributed by atoms with Crippen molar-refractivity contribution >= 4 is 12.0 Å². The van der Waals surface area contributed by atoms with Gasteiger partial charge in [-0.05, 0) is 24.0 Å². The van der Waals surface area contributed by atoms with Crippen LogP contribution < -0.4 is 0 Å². The summed E-state index contributed by atoms with van der Waals surface area (Å²) in [4.78, 5) is 28.3. The molecular formula is C20H19F3N4O3. The number of H-pyrrole nitrogens is 1. The van der Waals surface area contributed by atoms with Crippen LogP contribution >= 0.6 is 0 Å². The Morgan fingerprint density at radius 1 is 1.20 bits per heavy atom. The molecule has 1 N–H and O–H groups in total. The number of carbonyl (C=O) groups is 2. The van der Waals surface area contributed by atoms with E-state index in [4.69, 9.17) is 4.74 Å². The van der Waals surface area contributed by atoms with E-state index in [0.717, 1.165) is 17.3 Å². The van der Waals surface area contributed by atoms with E-state index in [1.807, 2.05) is 29.4 Å². The van der Waals surface area contributed by atoms with Crippen molar-refractivity contribution in [2.24, 2.45) is 0 Å². The molecule has 30 heavy (non-hydrogen) atoms. The average Bonchev–Trinajstić information content (AvgIpc) is 3.40. The van der Waals surface area contributed by atoms with Gasteiger partial charge in [-0.3, -0.25) is 14.8 Å². The summed E-state index contributed by atoms with van der Waals surface area (Å²) in [6, 6.07) is 7.66. The van der Waals surface area contributed by atoms with Crippen molar-refractivity contribution < 1.29 is 27.5 Å². The second-order valence-electron chi connectivity index (χ2n) is 7.86. The number of fused-ring (bicyclic) bond motifs is 3. The van der Waals surface area contributed by atoms with Crippen LogP contribution in [0.1, 0.15) is 46.1 Å². The summed E-state index contributed by atoms with van der Waals surface area (Å²) in [6.45, 7) is 0.517. The number of piperidine rings is 1. The molecule has 2 unspecified atom stereocenters. The number of alkyl halides is 3. The first-order valence-electron chi connectivity index (χ1n) is 9.81. The third-order valence-electron chi connectivity index (χ3n) is 6.21. The van der Waals surface area contributed by atoms with Crippen LogP contribution in [0.15, 0.2) is 30.5 Å². The van der Waals surface area contributed by atoms with Gasteiger partial charge in [-0.1, -0.05) is 24.3 Å². The Balaban J connectivity index is 1.30. The van der Waals surface area contributed by atoms with Crippen molar-refractivity contribution in [1.82, 2.24) is 20.0 Å². The molecule has 7 nitrogen and oxygen atoms in total. The highest BCUT2D eigenvalue weighted by Gasteiger charge is 2.50. The average molecular weight is 420 g/mol. The molecule has 2 aliphatic heterocycles. The van der Waals surface area contributed by atoms with Crippen molar-refractivity contribution in [3.05, 3.63) is 52.8 Å². The number of nitrogens with one attached hydrogen (secondary N) is 1. The van der Waals surface area contributed by atoms with E-state index < -0.39 is 23.3 Å². The van der Waals surface area contributed by atoms with Gasteiger partial charge in [0.15, 0.2) is 5.69 Å². The minimum absolute atomic E-state index is 0.130. The molecule has 0 bridgehead atoms. The maximum Gasteiger partial charge on any atom is 0.433 e. The number of benzene rings is 1. The van der Waals surface area contributed by atoms with Gasteiger partial charge >= 0.3 is 12.3 Å². The van der Waals surface area contributed by atoms with Crippen molar-refractivity contribution in [3.63, 3.8) is 0 Å². The van der Waals surface area contributed by atoms with Crippen LogP contribution in [0, 0.1) is 0 Å². The Morgan fingerprint density at radius 2 is 1.93 bits per heavy atom. The molecule has 158 valence electrons. The zero-order valence-electron chi connectivity index (χ0n) is 15.9. The second-order valence-corrected chi connectivity index (χ2v) is 7.86. The Morgan fingerprint density at radius 3 is 2.67 bits per heavy atom. The molecule has 3 aliphatic rings. The van der Waals surface area contributed by atoms with E-state index in [1.165, 1.54) is 4.90 Å². The van der Waals surface area contributed by atoms with E-state index in [2.05, 4.69) is 5.10 Å². The predicted molar refractivity (Wildman–Crippen MR) is 97.5 cm³/mol. The summed E-state index contributed by atoms with van der Waals surface area (Å²) >= 11 is 0. The molecule has 1 aromatic heterocycles. The number of carbonyl (C=O) groups excluding carboxylic acids is 2.